The highest BCUT2D eigenvalue weighted by Gasteiger charge is 2.34. The first-order chi connectivity index (χ1) is 9.29. The molecule has 0 amide bonds. The Morgan fingerprint density at radius 3 is 2.25 bits per heavy atom. The van der Waals surface area contributed by atoms with Gasteiger partial charge in [0.15, 0.2) is 0 Å². The summed E-state index contributed by atoms with van der Waals surface area (Å²) in [6, 6.07) is 2.99. The Morgan fingerprint density at radius 2 is 1.70 bits per heavy atom. The number of nitrogens with zero attached hydrogens (tertiary/aromatic N) is 1. The molecular formula is C13H8F5NO. The minimum absolute atomic E-state index is 0.0177. The van der Waals surface area contributed by atoms with Crippen molar-refractivity contribution in [1.29, 1.82) is 0 Å². The summed E-state index contributed by atoms with van der Waals surface area (Å²) in [4.78, 5) is 3.50. The van der Waals surface area contributed by atoms with Gasteiger partial charge in [-0.3, -0.25) is 4.98 Å². The van der Waals surface area contributed by atoms with Crippen LogP contribution in [0.4, 0.5) is 22.0 Å². The van der Waals surface area contributed by atoms with Crippen LogP contribution in [0, 0.1) is 11.6 Å². The van der Waals surface area contributed by atoms with Crippen molar-refractivity contribution in [3.63, 3.8) is 0 Å². The quantitative estimate of drug-likeness (QED) is 0.859. The van der Waals surface area contributed by atoms with Gasteiger partial charge >= 0.3 is 6.18 Å². The topological polar surface area (TPSA) is 33.1 Å². The molecule has 0 bridgehead atoms. The maximum absolute atomic E-state index is 13.4. The van der Waals surface area contributed by atoms with E-state index >= 15 is 0 Å². The zero-order chi connectivity index (χ0) is 14.9. The number of alkyl halides is 3. The zero-order valence-corrected chi connectivity index (χ0v) is 9.83. The number of aliphatic hydroxyl groups is 1. The number of benzene rings is 1. The molecule has 20 heavy (non-hydrogen) atoms. The normalized spacial score (nSPS) is 13.3. The average molecular weight is 289 g/mol. The van der Waals surface area contributed by atoms with Crippen LogP contribution in [0.15, 0.2) is 36.7 Å². The van der Waals surface area contributed by atoms with Gasteiger partial charge in [0.25, 0.3) is 0 Å². The van der Waals surface area contributed by atoms with Crippen LogP contribution < -0.4 is 0 Å². The zero-order valence-electron chi connectivity index (χ0n) is 9.83. The lowest BCUT2D eigenvalue weighted by Crippen LogP contribution is -2.09. The Morgan fingerprint density at radius 1 is 1.00 bits per heavy atom. The minimum atomic E-state index is -4.81. The molecule has 0 spiro atoms. The van der Waals surface area contributed by atoms with Crippen molar-refractivity contribution in [2.75, 3.05) is 0 Å². The summed E-state index contributed by atoms with van der Waals surface area (Å²) in [5.41, 5.74) is -1.53. The van der Waals surface area contributed by atoms with Crippen LogP contribution in [0.5, 0.6) is 0 Å². The predicted molar refractivity (Wildman–Crippen MR) is 59.7 cm³/mol. The van der Waals surface area contributed by atoms with Crippen LogP contribution in [-0.4, -0.2) is 10.1 Å². The highest BCUT2D eigenvalue weighted by molar-refractivity contribution is 5.32. The van der Waals surface area contributed by atoms with E-state index in [4.69, 9.17) is 0 Å². The van der Waals surface area contributed by atoms with E-state index in [1.54, 1.807) is 0 Å². The lowest BCUT2D eigenvalue weighted by atomic mass is 10.0. The summed E-state index contributed by atoms with van der Waals surface area (Å²) in [5.74, 6) is -2.22. The van der Waals surface area contributed by atoms with E-state index in [-0.39, 0.29) is 11.1 Å². The number of hydrogen-bond acceptors (Lipinski definition) is 2. The molecule has 1 N–H and O–H groups in total. The summed E-state index contributed by atoms with van der Waals surface area (Å²) in [7, 11) is 0. The molecule has 0 aliphatic rings. The van der Waals surface area contributed by atoms with Gasteiger partial charge in [-0.25, -0.2) is 8.78 Å². The molecule has 106 valence electrons. The van der Waals surface area contributed by atoms with Gasteiger partial charge in [-0.2, -0.15) is 13.2 Å². The second kappa shape index (κ2) is 5.16. The largest absolute Gasteiger partial charge is 0.419 e. The van der Waals surface area contributed by atoms with E-state index in [0.717, 1.165) is 24.5 Å². The van der Waals surface area contributed by atoms with Gasteiger partial charge in [0.1, 0.15) is 17.7 Å². The summed E-state index contributed by atoms with van der Waals surface area (Å²) in [5, 5.41) is 9.88. The first kappa shape index (κ1) is 14.4. The van der Waals surface area contributed by atoms with Crippen molar-refractivity contribution in [2.45, 2.75) is 12.3 Å². The van der Waals surface area contributed by atoms with Crippen LogP contribution in [0.25, 0.3) is 0 Å². The molecule has 7 heteroatoms. The number of hydrogen-bond donors (Lipinski definition) is 1. The number of aromatic nitrogens is 1. The fraction of sp³-hybridized carbons (Fsp3) is 0.154. The molecule has 1 heterocycles. The maximum Gasteiger partial charge on any atom is 0.419 e. The molecule has 0 fully saturated rings. The number of rotatable bonds is 2. The maximum atomic E-state index is 13.4. The van der Waals surface area contributed by atoms with E-state index < -0.39 is 29.5 Å². The van der Waals surface area contributed by atoms with Crippen LogP contribution in [0.3, 0.4) is 0 Å². The lowest BCUT2D eigenvalue weighted by Gasteiger charge is -2.13. The average Bonchev–Trinajstić information content (AvgIpc) is 2.36. The summed E-state index contributed by atoms with van der Waals surface area (Å²) in [6.07, 6.45) is -4.23. The Kier molecular flexibility index (Phi) is 3.71. The molecule has 1 atom stereocenters. The van der Waals surface area contributed by atoms with Gasteiger partial charge in [-0.15, -0.1) is 0 Å². The second-order valence-corrected chi connectivity index (χ2v) is 4.08. The molecule has 0 saturated heterocycles. The van der Waals surface area contributed by atoms with Crippen molar-refractivity contribution in [2.24, 2.45) is 0 Å². The Balaban J connectivity index is 2.37. The van der Waals surface area contributed by atoms with Gasteiger partial charge in [-0.1, -0.05) is 6.07 Å². The Labute approximate surface area is 110 Å². The molecule has 0 aliphatic carbocycles. The lowest BCUT2D eigenvalue weighted by molar-refractivity contribution is -0.140. The molecule has 2 nitrogen and oxygen atoms in total. The number of aliphatic hydroxyl groups excluding tert-OH is 1. The molecule has 0 saturated carbocycles. The van der Waals surface area contributed by atoms with E-state index in [1.807, 2.05) is 0 Å². The molecule has 1 aromatic heterocycles. The molecule has 2 rings (SSSR count). The van der Waals surface area contributed by atoms with Crippen LogP contribution >= 0.6 is 0 Å². The van der Waals surface area contributed by atoms with Crippen molar-refractivity contribution < 1.29 is 27.1 Å². The standard InChI is InChI=1S/C13H8F5NO/c14-9-3-8(5-19-6-9)12(20)7-1-2-10(11(15)4-7)13(16,17)18/h1-6,12,20H. The van der Waals surface area contributed by atoms with Gasteiger partial charge in [0.05, 0.1) is 11.8 Å². The Hall–Kier alpha value is -2.02. The van der Waals surface area contributed by atoms with E-state index in [9.17, 15) is 27.1 Å². The van der Waals surface area contributed by atoms with Crippen molar-refractivity contribution in [3.05, 3.63) is 65.0 Å². The third-order valence-electron chi connectivity index (χ3n) is 2.66. The molecule has 0 radical (unpaired) electrons. The van der Waals surface area contributed by atoms with Crippen LogP contribution in [0.2, 0.25) is 0 Å². The van der Waals surface area contributed by atoms with Crippen molar-refractivity contribution in [3.8, 4) is 0 Å². The first-order valence-electron chi connectivity index (χ1n) is 5.44. The van der Waals surface area contributed by atoms with Crippen molar-refractivity contribution >= 4 is 0 Å². The highest BCUT2D eigenvalue weighted by Crippen LogP contribution is 2.33. The molecule has 1 unspecified atom stereocenters. The van der Waals surface area contributed by atoms with Crippen LogP contribution in [-0.2, 0) is 6.18 Å². The molecule has 0 aliphatic heterocycles. The monoisotopic (exact) mass is 289 g/mol. The summed E-state index contributed by atoms with van der Waals surface area (Å²) in [6.45, 7) is 0. The van der Waals surface area contributed by atoms with Crippen molar-refractivity contribution in [1.82, 2.24) is 4.98 Å². The predicted octanol–water partition coefficient (Wildman–Crippen LogP) is 3.46. The number of halogens is 5. The van der Waals surface area contributed by atoms with E-state index in [0.29, 0.717) is 12.1 Å². The van der Waals surface area contributed by atoms with Gasteiger partial charge in [-0.05, 0) is 23.8 Å². The fourth-order valence-electron chi connectivity index (χ4n) is 1.70. The minimum Gasteiger partial charge on any atom is -0.384 e. The fourth-order valence-corrected chi connectivity index (χ4v) is 1.70. The Bertz CT molecular complexity index is 626. The van der Waals surface area contributed by atoms with Gasteiger partial charge in [0, 0.05) is 11.8 Å². The van der Waals surface area contributed by atoms with E-state index in [2.05, 4.69) is 4.98 Å². The molecular weight excluding hydrogens is 281 g/mol. The number of pyridine rings is 1. The highest BCUT2D eigenvalue weighted by atomic mass is 19.4. The first-order valence-corrected chi connectivity index (χ1v) is 5.44. The third kappa shape index (κ3) is 2.93. The van der Waals surface area contributed by atoms with Gasteiger partial charge < -0.3 is 5.11 Å². The summed E-state index contributed by atoms with van der Waals surface area (Å²) < 4.78 is 63.5. The third-order valence-corrected chi connectivity index (χ3v) is 2.66. The SMILES string of the molecule is OC(c1cncc(F)c1)c1ccc(C(F)(F)F)c(F)c1. The van der Waals surface area contributed by atoms with E-state index in [1.165, 1.54) is 0 Å². The summed E-state index contributed by atoms with van der Waals surface area (Å²) >= 11 is 0. The molecule has 1 aromatic carbocycles. The van der Waals surface area contributed by atoms with Gasteiger partial charge in [0.2, 0.25) is 0 Å². The van der Waals surface area contributed by atoms with Crippen LogP contribution in [0.1, 0.15) is 22.8 Å². The smallest absolute Gasteiger partial charge is 0.384 e. The molecule has 2 aromatic rings. The second-order valence-electron chi connectivity index (χ2n) is 4.08.